The molecule has 1 N–H and O–H groups in total. The lowest BCUT2D eigenvalue weighted by Crippen LogP contribution is -2.54. The van der Waals surface area contributed by atoms with Gasteiger partial charge < -0.3 is 10.1 Å². The van der Waals surface area contributed by atoms with Gasteiger partial charge >= 0.3 is 0 Å². The Kier molecular flexibility index (Phi) is 6.61. The molecule has 30 heavy (non-hydrogen) atoms. The SMILES string of the molecule is CCc1cccc(Cl)c1COc1ccc2c(c1)CCC(N(OC)C(=O)C1CNC1)C2. The van der Waals surface area contributed by atoms with E-state index >= 15 is 0 Å². The maximum Gasteiger partial charge on any atom is 0.252 e. The maximum atomic E-state index is 12.7. The van der Waals surface area contributed by atoms with Crippen LogP contribution in [0.15, 0.2) is 36.4 Å². The van der Waals surface area contributed by atoms with Crippen LogP contribution in [0.25, 0.3) is 0 Å². The summed E-state index contributed by atoms with van der Waals surface area (Å²) in [6.45, 7) is 4.08. The summed E-state index contributed by atoms with van der Waals surface area (Å²) in [6.07, 6.45) is 3.52. The van der Waals surface area contributed by atoms with Gasteiger partial charge in [0.05, 0.1) is 19.1 Å². The minimum atomic E-state index is 0.0416. The molecule has 2 aromatic rings. The predicted octanol–water partition coefficient (Wildman–Crippen LogP) is 3.95. The third-order valence-electron chi connectivity index (χ3n) is 6.24. The molecule has 0 aromatic heterocycles. The Bertz CT molecular complexity index is 913. The quantitative estimate of drug-likeness (QED) is 0.678. The van der Waals surface area contributed by atoms with Gasteiger partial charge in [-0.15, -0.1) is 0 Å². The minimum Gasteiger partial charge on any atom is -0.489 e. The van der Waals surface area contributed by atoms with E-state index in [1.807, 2.05) is 18.2 Å². The second kappa shape index (κ2) is 9.38. The average Bonchev–Trinajstić information content (AvgIpc) is 2.72. The van der Waals surface area contributed by atoms with Crippen LogP contribution in [0.5, 0.6) is 5.75 Å². The van der Waals surface area contributed by atoms with Gasteiger partial charge in [-0.1, -0.05) is 36.7 Å². The smallest absolute Gasteiger partial charge is 0.252 e. The van der Waals surface area contributed by atoms with E-state index in [0.717, 1.165) is 55.1 Å². The van der Waals surface area contributed by atoms with E-state index in [4.69, 9.17) is 21.2 Å². The van der Waals surface area contributed by atoms with Crippen LogP contribution in [0.1, 0.15) is 35.6 Å². The first-order valence-corrected chi connectivity index (χ1v) is 11.1. The molecule has 160 valence electrons. The van der Waals surface area contributed by atoms with E-state index in [1.165, 1.54) is 16.7 Å². The lowest BCUT2D eigenvalue weighted by molar-refractivity contribution is -0.195. The summed E-state index contributed by atoms with van der Waals surface area (Å²) in [5, 5.41) is 5.51. The highest BCUT2D eigenvalue weighted by molar-refractivity contribution is 6.31. The van der Waals surface area contributed by atoms with Crippen molar-refractivity contribution in [3.05, 3.63) is 63.7 Å². The Morgan fingerprint density at radius 1 is 1.23 bits per heavy atom. The van der Waals surface area contributed by atoms with Gasteiger partial charge in [0, 0.05) is 23.7 Å². The van der Waals surface area contributed by atoms with Crippen molar-refractivity contribution in [2.75, 3.05) is 20.2 Å². The Hall–Kier alpha value is -2.08. The number of aryl methyl sites for hydroxylation is 2. The van der Waals surface area contributed by atoms with Gasteiger partial charge in [-0.25, -0.2) is 5.06 Å². The number of carbonyl (C=O) groups is 1. The number of hydroxylamine groups is 2. The number of amides is 1. The number of rotatable bonds is 7. The molecule has 4 rings (SSSR count). The van der Waals surface area contributed by atoms with Crippen LogP contribution >= 0.6 is 11.6 Å². The molecule has 5 nitrogen and oxygen atoms in total. The number of nitrogens with one attached hydrogen (secondary N) is 1. The molecule has 1 saturated heterocycles. The fourth-order valence-corrected chi connectivity index (χ4v) is 4.56. The van der Waals surface area contributed by atoms with Crippen LogP contribution in [0.4, 0.5) is 0 Å². The lowest BCUT2D eigenvalue weighted by Gasteiger charge is -2.37. The highest BCUT2D eigenvalue weighted by Crippen LogP contribution is 2.30. The van der Waals surface area contributed by atoms with E-state index in [9.17, 15) is 4.79 Å². The van der Waals surface area contributed by atoms with Gasteiger partial charge in [0.1, 0.15) is 12.4 Å². The molecule has 2 aromatic carbocycles. The van der Waals surface area contributed by atoms with Crippen LogP contribution in [-0.4, -0.2) is 37.2 Å². The highest BCUT2D eigenvalue weighted by Gasteiger charge is 2.35. The fourth-order valence-electron chi connectivity index (χ4n) is 4.32. The first-order valence-electron chi connectivity index (χ1n) is 10.7. The van der Waals surface area contributed by atoms with Gasteiger partial charge in [0.2, 0.25) is 0 Å². The average molecular weight is 429 g/mol. The molecule has 0 saturated carbocycles. The summed E-state index contributed by atoms with van der Waals surface area (Å²) in [7, 11) is 1.59. The van der Waals surface area contributed by atoms with E-state index in [-0.39, 0.29) is 17.9 Å². The summed E-state index contributed by atoms with van der Waals surface area (Å²) in [6, 6.07) is 12.3. The van der Waals surface area contributed by atoms with Gasteiger partial charge in [-0.3, -0.25) is 9.63 Å². The second-order valence-electron chi connectivity index (χ2n) is 8.05. The number of carbonyl (C=O) groups excluding carboxylic acids is 1. The normalized spacial score (nSPS) is 18.4. The summed E-state index contributed by atoms with van der Waals surface area (Å²) in [5.41, 5.74) is 4.81. The molecule has 1 heterocycles. The van der Waals surface area contributed by atoms with Gasteiger partial charge in [-0.05, 0) is 60.6 Å². The summed E-state index contributed by atoms with van der Waals surface area (Å²) >= 11 is 6.38. The summed E-state index contributed by atoms with van der Waals surface area (Å²) < 4.78 is 6.09. The van der Waals surface area contributed by atoms with Gasteiger partial charge in [-0.2, -0.15) is 0 Å². The zero-order valence-electron chi connectivity index (χ0n) is 17.6. The van der Waals surface area contributed by atoms with Crippen molar-refractivity contribution in [3.63, 3.8) is 0 Å². The molecule has 1 amide bonds. The van der Waals surface area contributed by atoms with Crippen molar-refractivity contribution in [2.45, 2.75) is 45.3 Å². The standard InChI is InChI=1S/C24H29ClN2O3/c1-3-16-5-4-6-23(25)22(16)15-30-21-10-8-17-11-20(9-7-18(17)12-21)27(29-2)24(28)19-13-26-14-19/h4-6,8,10,12,19-20,26H,3,7,9,11,13-15H2,1-2H3. The van der Waals surface area contributed by atoms with E-state index in [1.54, 1.807) is 12.2 Å². The fraction of sp³-hybridized carbons (Fsp3) is 0.458. The Morgan fingerprint density at radius 3 is 2.77 bits per heavy atom. The number of fused-ring (bicyclic) bond motifs is 1. The van der Waals surface area contributed by atoms with Crippen LogP contribution < -0.4 is 10.1 Å². The number of hydrogen-bond acceptors (Lipinski definition) is 4. The molecule has 1 atom stereocenters. The molecule has 2 aliphatic rings. The largest absolute Gasteiger partial charge is 0.489 e. The topological polar surface area (TPSA) is 50.8 Å². The number of halogens is 1. The van der Waals surface area contributed by atoms with Crippen molar-refractivity contribution >= 4 is 17.5 Å². The van der Waals surface area contributed by atoms with Crippen molar-refractivity contribution in [2.24, 2.45) is 5.92 Å². The molecule has 0 radical (unpaired) electrons. The zero-order valence-corrected chi connectivity index (χ0v) is 18.4. The van der Waals surface area contributed by atoms with Crippen molar-refractivity contribution in [1.29, 1.82) is 0 Å². The molecule has 1 aliphatic heterocycles. The highest BCUT2D eigenvalue weighted by atomic mass is 35.5. The molecular formula is C24H29ClN2O3. The number of ether oxygens (including phenoxy) is 1. The Labute approximate surface area is 183 Å². The first-order chi connectivity index (χ1) is 14.6. The Balaban J connectivity index is 1.42. The number of benzene rings is 2. The van der Waals surface area contributed by atoms with Crippen molar-refractivity contribution in [1.82, 2.24) is 10.4 Å². The van der Waals surface area contributed by atoms with Crippen molar-refractivity contribution < 1.29 is 14.4 Å². The maximum absolute atomic E-state index is 12.7. The molecule has 1 unspecified atom stereocenters. The van der Waals surface area contributed by atoms with Gasteiger partial charge in [0.15, 0.2) is 0 Å². The second-order valence-corrected chi connectivity index (χ2v) is 8.46. The third-order valence-corrected chi connectivity index (χ3v) is 6.59. The van der Waals surface area contributed by atoms with Crippen LogP contribution in [-0.2, 0) is 35.5 Å². The van der Waals surface area contributed by atoms with E-state index in [2.05, 4.69) is 30.4 Å². The third kappa shape index (κ3) is 4.34. The predicted molar refractivity (Wildman–Crippen MR) is 118 cm³/mol. The number of nitrogens with zero attached hydrogens (tertiary/aromatic N) is 1. The van der Waals surface area contributed by atoms with Gasteiger partial charge in [0.25, 0.3) is 5.91 Å². The van der Waals surface area contributed by atoms with Crippen LogP contribution in [0, 0.1) is 5.92 Å². The summed E-state index contributed by atoms with van der Waals surface area (Å²) in [5.74, 6) is 0.991. The molecule has 1 fully saturated rings. The van der Waals surface area contributed by atoms with E-state index in [0.29, 0.717) is 6.61 Å². The van der Waals surface area contributed by atoms with E-state index < -0.39 is 0 Å². The first kappa shape index (κ1) is 21.2. The lowest BCUT2D eigenvalue weighted by atomic mass is 9.87. The number of hydrogen-bond donors (Lipinski definition) is 1. The van der Waals surface area contributed by atoms with Crippen LogP contribution in [0.2, 0.25) is 5.02 Å². The molecule has 6 heteroatoms. The monoisotopic (exact) mass is 428 g/mol. The molecule has 0 bridgehead atoms. The van der Waals surface area contributed by atoms with Crippen LogP contribution in [0.3, 0.4) is 0 Å². The Morgan fingerprint density at radius 2 is 2.07 bits per heavy atom. The molecular weight excluding hydrogens is 400 g/mol. The zero-order chi connectivity index (χ0) is 21.1. The minimum absolute atomic E-state index is 0.0416. The summed E-state index contributed by atoms with van der Waals surface area (Å²) in [4.78, 5) is 18.1. The molecule has 1 aliphatic carbocycles. The molecule has 0 spiro atoms. The van der Waals surface area contributed by atoms with Crippen molar-refractivity contribution in [3.8, 4) is 5.75 Å².